The molecule has 20 heavy (non-hydrogen) atoms. The number of hydrogen-bond acceptors (Lipinski definition) is 5. The van der Waals surface area contributed by atoms with Gasteiger partial charge in [-0.15, -0.1) is 0 Å². The van der Waals surface area contributed by atoms with Crippen molar-refractivity contribution in [3.63, 3.8) is 0 Å². The van der Waals surface area contributed by atoms with E-state index in [0.717, 1.165) is 23.8 Å². The van der Waals surface area contributed by atoms with Gasteiger partial charge in [0.1, 0.15) is 0 Å². The number of amides is 1. The molecule has 1 N–H and O–H groups in total. The lowest BCUT2D eigenvalue weighted by molar-refractivity contribution is -0.380. The standard InChI is InChI=1S/C13H17N3O3S/c17-13(11-1-2-12(20-11)16(18)19)14-7-10-8-15-5-3-9(10)4-6-15/h1-2,9-10H,3-8H2,(H,14,17)/t10-/m0/s1. The third-order valence-electron chi connectivity index (χ3n) is 4.31. The molecular formula is C13H17N3O3S. The van der Waals surface area contributed by atoms with Gasteiger partial charge in [-0.1, -0.05) is 11.3 Å². The molecule has 1 aromatic rings. The fourth-order valence-corrected chi connectivity index (χ4v) is 3.91. The summed E-state index contributed by atoms with van der Waals surface area (Å²) in [6.07, 6.45) is 2.45. The van der Waals surface area contributed by atoms with Gasteiger partial charge in [0.15, 0.2) is 0 Å². The van der Waals surface area contributed by atoms with Crippen LogP contribution >= 0.6 is 11.3 Å². The Labute approximate surface area is 120 Å². The van der Waals surface area contributed by atoms with Crippen LogP contribution in [-0.2, 0) is 0 Å². The highest BCUT2D eigenvalue weighted by molar-refractivity contribution is 7.17. The fraction of sp³-hybridized carbons (Fsp3) is 0.615. The van der Waals surface area contributed by atoms with Crippen LogP contribution in [0.1, 0.15) is 22.5 Å². The molecule has 3 saturated heterocycles. The summed E-state index contributed by atoms with van der Waals surface area (Å²) in [5.41, 5.74) is 0. The molecule has 0 spiro atoms. The van der Waals surface area contributed by atoms with Crippen molar-refractivity contribution in [2.45, 2.75) is 12.8 Å². The summed E-state index contributed by atoms with van der Waals surface area (Å²) >= 11 is 0.929. The third kappa shape index (κ3) is 2.69. The van der Waals surface area contributed by atoms with Crippen molar-refractivity contribution in [1.29, 1.82) is 0 Å². The van der Waals surface area contributed by atoms with Crippen LogP contribution in [0.4, 0.5) is 5.00 Å². The SMILES string of the molecule is O=C(NC[C@H]1CN2CCC1CC2)c1ccc([N+](=O)[O-])s1. The van der Waals surface area contributed by atoms with Crippen molar-refractivity contribution in [3.8, 4) is 0 Å². The van der Waals surface area contributed by atoms with Crippen LogP contribution in [0, 0.1) is 22.0 Å². The Morgan fingerprint density at radius 1 is 1.45 bits per heavy atom. The Bertz CT molecular complexity index is 523. The first-order valence-electron chi connectivity index (χ1n) is 6.88. The number of carbonyl (C=O) groups excluding carboxylic acids is 1. The molecule has 4 rings (SSSR count). The molecule has 1 aromatic heterocycles. The molecule has 0 saturated carbocycles. The van der Waals surface area contributed by atoms with E-state index in [1.165, 1.54) is 38.1 Å². The van der Waals surface area contributed by atoms with Gasteiger partial charge < -0.3 is 10.2 Å². The molecule has 7 heteroatoms. The van der Waals surface area contributed by atoms with Gasteiger partial charge in [-0.3, -0.25) is 14.9 Å². The van der Waals surface area contributed by atoms with Crippen LogP contribution in [0.5, 0.6) is 0 Å². The van der Waals surface area contributed by atoms with Crippen molar-refractivity contribution >= 4 is 22.2 Å². The zero-order valence-electron chi connectivity index (χ0n) is 11.1. The van der Waals surface area contributed by atoms with E-state index in [2.05, 4.69) is 10.2 Å². The minimum atomic E-state index is -0.463. The molecule has 3 aliphatic heterocycles. The van der Waals surface area contributed by atoms with Crippen LogP contribution in [0.25, 0.3) is 0 Å². The van der Waals surface area contributed by atoms with Crippen molar-refractivity contribution in [1.82, 2.24) is 10.2 Å². The molecule has 2 bridgehead atoms. The quantitative estimate of drug-likeness (QED) is 0.678. The van der Waals surface area contributed by atoms with Crippen LogP contribution in [0.2, 0.25) is 0 Å². The first kappa shape index (κ1) is 13.5. The van der Waals surface area contributed by atoms with Crippen LogP contribution in [0.15, 0.2) is 12.1 Å². The van der Waals surface area contributed by atoms with Crippen molar-refractivity contribution in [2.75, 3.05) is 26.2 Å². The summed E-state index contributed by atoms with van der Waals surface area (Å²) < 4.78 is 0. The molecule has 0 aliphatic carbocycles. The Morgan fingerprint density at radius 2 is 2.20 bits per heavy atom. The molecule has 6 nitrogen and oxygen atoms in total. The fourth-order valence-electron chi connectivity index (χ4n) is 3.18. The maximum Gasteiger partial charge on any atom is 0.324 e. The summed E-state index contributed by atoms with van der Waals surface area (Å²) in [7, 11) is 0. The smallest absolute Gasteiger partial charge is 0.324 e. The third-order valence-corrected chi connectivity index (χ3v) is 5.35. The highest BCUT2D eigenvalue weighted by Crippen LogP contribution is 2.32. The zero-order chi connectivity index (χ0) is 14.1. The Kier molecular flexibility index (Phi) is 3.71. The number of nitrogens with one attached hydrogen (secondary N) is 1. The second-order valence-electron chi connectivity index (χ2n) is 5.50. The molecule has 3 aliphatic rings. The van der Waals surface area contributed by atoms with E-state index in [1.807, 2.05) is 0 Å². The van der Waals surface area contributed by atoms with Crippen LogP contribution in [0.3, 0.4) is 0 Å². The average molecular weight is 295 g/mol. The zero-order valence-corrected chi connectivity index (χ0v) is 11.9. The summed E-state index contributed by atoms with van der Waals surface area (Å²) in [5, 5.41) is 13.5. The minimum Gasteiger partial charge on any atom is -0.351 e. The second-order valence-corrected chi connectivity index (χ2v) is 6.57. The van der Waals surface area contributed by atoms with Gasteiger partial charge in [0.2, 0.25) is 0 Å². The predicted octanol–water partition coefficient (Wildman–Crippen LogP) is 1.73. The molecule has 1 atom stereocenters. The van der Waals surface area contributed by atoms with E-state index < -0.39 is 4.92 Å². The van der Waals surface area contributed by atoms with Gasteiger partial charge in [-0.25, -0.2) is 0 Å². The van der Waals surface area contributed by atoms with Gasteiger partial charge in [0.25, 0.3) is 5.91 Å². The normalized spacial score (nSPS) is 28.3. The summed E-state index contributed by atoms with van der Waals surface area (Å²) in [6.45, 7) is 4.11. The van der Waals surface area contributed by atoms with Gasteiger partial charge in [-0.2, -0.15) is 0 Å². The average Bonchev–Trinajstić information content (AvgIpc) is 2.96. The number of rotatable bonds is 4. The van der Waals surface area contributed by atoms with Gasteiger partial charge in [0, 0.05) is 19.2 Å². The second kappa shape index (κ2) is 5.49. The van der Waals surface area contributed by atoms with Crippen LogP contribution < -0.4 is 5.32 Å². The summed E-state index contributed by atoms with van der Waals surface area (Å²) in [5.74, 6) is 1.05. The molecule has 0 unspecified atom stereocenters. The Hall–Kier alpha value is -1.47. The molecular weight excluding hydrogens is 278 g/mol. The maximum atomic E-state index is 12.0. The topological polar surface area (TPSA) is 75.5 Å². The van der Waals surface area contributed by atoms with Crippen molar-refractivity contribution < 1.29 is 9.72 Å². The minimum absolute atomic E-state index is 0.0120. The molecule has 108 valence electrons. The van der Waals surface area contributed by atoms with Crippen LogP contribution in [-0.4, -0.2) is 41.9 Å². The predicted molar refractivity (Wildman–Crippen MR) is 76.0 cm³/mol. The van der Waals surface area contributed by atoms with E-state index in [-0.39, 0.29) is 10.9 Å². The van der Waals surface area contributed by atoms with E-state index in [9.17, 15) is 14.9 Å². The van der Waals surface area contributed by atoms with Crippen molar-refractivity contribution in [2.24, 2.45) is 11.8 Å². The Morgan fingerprint density at radius 3 is 2.75 bits per heavy atom. The number of nitro groups is 1. The molecule has 3 fully saturated rings. The Balaban J connectivity index is 1.55. The first-order valence-corrected chi connectivity index (χ1v) is 7.70. The summed E-state index contributed by atoms with van der Waals surface area (Å²) in [6, 6.07) is 2.91. The molecule has 0 aromatic carbocycles. The van der Waals surface area contributed by atoms with E-state index >= 15 is 0 Å². The number of carbonyl (C=O) groups is 1. The molecule has 1 amide bonds. The van der Waals surface area contributed by atoms with E-state index in [4.69, 9.17) is 0 Å². The number of piperidine rings is 3. The highest BCUT2D eigenvalue weighted by atomic mass is 32.1. The molecule has 0 radical (unpaired) electrons. The largest absolute Gasteiger partial charge is 0.351 e. The maximum absolute atomic E-state index is 12.0. The highest BCUT2D eigenvalue weighted by Gasteiger charge is 2.34. The van der Waals surface area contributed by atoms with Gasteiger partial charge in [0.05, 0.1) is 9.80 Å². The van der Waals surface area contributed by atoms with E-state index in [1.54, 1.807) is 0 Å². The lowest BCUT2D eigenvalue weighted by Gasteiger charge is -2.44. The number of thiophene rings is 1. The number of fused-ring (bicyclic) bond motifs is 3. The lowest BCUT2D eigenvalue weighted by atomic mass is 9.79. The van der Waals surface area contributed by atoms with Gasteiger partial charge in [-0.05, 0) is 43.8 Å². The van der Waals surface area contributed by atoms with E-state index in [0.29, 0.717) is 17.3 Å². The van der Waals surface area contributed by atoms with Crippen molar-refractivity contribution in [3.05, 3.63) is 27.1 Å². The van der Waals surface area contributed by atoms with Gasteiger partial charge >= 0.3 is 5.00 Å². The molecule has 4 heterocycles. The number of hydrogen-bond donors (Lipinski definition) is 1. The summed E-state index contributed by atoms with van der Waals surface area (Å²) in [4.78, 5) is 25.0. The first-order chi connectivity index (χ1) is 9.63. The monoisotopic (exact) mass is 295 g/mol. The lowest BCUT2D eigenvalue weighted by Crippen LogP contribution is -2.50. The number of nitrogens with zero attached hydrogens (tertiary/aromatic N) is 2.